The lowest BCUT2D eigenvalue weighted by Gasteiger charge is -2.43. The lowest BCUT2D eigenvalue weighted by molar-refractivity contribution is -0.136. The summed E-state index contributed by atoms with van der Waals surface area (Å²) in [4.78, 5) is 80.4. The second-order valence-corrected chi connectivity index (χ2v) is 19.1. The van der Waals surface area contributed by atoms with E-state index in [1.807, 2.05) is 23.1 Å². The van der Waals surface area contributed by atoms with E-state index in [0.29, 0.717) is 60.8 Å². The first-order valence-electron chi connectivity index (χ1n) is 22.2. The lowest BCUT2D eigenvalue weighted by atomic mass is 10.0. The Morgan fingerprint density at radius 2 is 1.61 bits per heavy atom. The molecule has 21 heteroatoms. The predicted octanol–water partition coefficient (Wildman–Crippen LogP) is 5.50. The minimum Gasteiger partial charge on any atom is -0.494 e. The van der Waals surface area contributed by atoms with Crippen LogP contribution < -0.4 is 35.6 Å². The van der Waals surface area contributed by atoms with Crippen molar-refractivity contribution in [3.05, 3.63) is 83.0 Å². The first-order chi connectivity index (χ1) is 32.4. The third-order valence-corrected chi connectivity index (χ3v) is 14.8. The summed E-state index contributed by atoms with van der Waals surface area (Å²) < 4.78 is 35.4. The Morgan fingerprint density at radius 3 is 2.34 bits per heavy atom. The number of imide groups is 2. The third-order valence-electron chi connectivity index (χ3n) is 12.6. The fourth-order valence-electron chi connectivity index (χ4n) is 8.98. The van der Waals surface area contributed by atoms with Crippen LogP contribution in [0.25, 0.3) is 0 Å². The van der Waals surface area contributed by atoms with E-state index in [4.69, 9.17) is 30.1 Å². The first-order valence-corrected chi connectivity index (χ1v) is 24.1. The summed E-state index contributed by atoms with van der Waals surface area (Å²) in [5.74, 6) is -0.782. The van der Waals surface area contributed by atoms with Crippen molar-refractivity contribution in [3.8, 4) is 11.5 Å². The van der Waals surface area contributed by atoms with Gasteiger partial charge in [-0.15, -0.1) is 0 Å². The number of benzene rings is 3. The van der Waals surface area contributed by atoms with Crippen LogP contribution in [-0.4, -0.2) is 133 Å². The van der Waals surface area contributed by atoms with Crippen molar-refractivity contribution in [2.24, 2.45) is 0 Å². The molecule has 1 unspecified atom stereocenters. The SMILES string of the molecule is COc1cc(N2CCC(N3CCN(C(=O)CCCCOc4cccc5c4C(=O)N(C4CCC(=O)NC4=O)C5=O)CC3)CC2)ccc1Nc1ncc(Cl)c(Nc2ccccc2P(=O)(OC)OC)n1. The van der Waals surface area contributed by atoms with Gasteiger partial charge in [0.15, 0.2) is 5.82 Å². The van der Waals surface area contributed by atoms with Gasteiger partial charge in [-0.1, -0.05) is 29.8 Å². The molecule has 3 saturated heterocycles. The van der Waals surface area contributed by atoms with Crippen LogP contribution in [-0.2, 0) is 28.0 Å². The standard InChI is InChI=1S/C46H53ClN9O10P/c1-63-37-27-30(14-15-33(37)50-46-48-28-32(47)42(52-46)49-34-10-4-5-12-38(34)67(62,64-2)65-3)53-20-18-29(19-21-53)54-22-24-55(25-23-54)40(58)13-6-7-26-66-36-11-8-9-31-41(36)45(61)56(44(31)60)35-16-17-39(57)51-43(35)59/h4-5,8-12,14-15,27-29,35H,6-7,13,16-26H2,1-3H3,(H,51,57,59)(H2,48,49,50,52). The number of halogens is 1. The van der Waals surface area contributed by atoms with Gasteiger partial charge in [0.05, 0.1) is 47.7 Å². The van der Waals surface area contributed by atoms with Crippen molar-refractivity contribution in [2.45, 2.75) is 57.0 Å². The summed E-state index contributed by atoms with van der Waals surface area (Å²) in [7, 11) is 0.675. The van der Waals surface area contributed by atoms with Crippen LogP contribution in [0, 0.1) is 0 Å². The molecule has 0 bridgehead atoms. The predicted molar refractivity (Wildman–Crippen MR) is 250 cm³/mol. The van der Waals surface area contributed by atoms with Crippen molar-refractivity contribution in [1.82, 2.24) is 30.0 Å². The van der Waals surface area contributed by atoms with Gasteiger partial charge in [-0.2, -0.15) is 4.98 Å². The molecule has 4 aromatic rings. The Hall–Kier alpha value is -6.11. The number of piperazine rings is 1. The molecule has 1 aromatic heterocycles. The molecular weight excluding hydrogens is 905 g/mol. The smallest absolute Gasteiger partial charge is 0.362 e. The van der Waals surface area contributed by atoms with Gasteiger partial charge in [-0.3, -0.25) is 43.7 Å². The number of ether oxygens (including phenoxy) is 2. The molecule has 5 heterocycles. The molecule has 0 radical (unpaired) electrons. The zero-order valence-electron chi connectivity index (χ0n) is 37.5. The van der Waals surface area contributed by atoms with Crippen LogP contribution in [0.15, 0.2) is 66.9 Å². The van der Waals surface area contributed by atoms with Crippen molar-refractivity contribution in [3.63, 3.8) is 0 Å². The molecule has 354 valence electrons. The van der Waals surface area contributed by atoms with Crippen molar-refractivity contribution < 1.29 is 47.1 Å². The number of hydrogen-bond donors (Lipinski definition) is 3. The van der Waals surface area contributed by atoms with E-state index >= 15 is 0 Å². The van der Waals surface area contributed by atoms with E-state index in [1.54, 1.807) is 43.5 Å². The molecule has 4 aliphatic heterocycles. The van der Waals surface area contributed by atoms with E-state index in [1.165, 1.54) is 26.5 Å². The number of hydrogen-bond acceptors (Lipinski definition) is 16. The van der Waals surface area contributed by atoms with Crippen LogP contribution in [0.2, 0.25) is 5.02 Å². The Bertz CT molecular complexity index is 2580. The average Bonchev–Trinajstić information content (AvgIpc) is 3.61. The largest absolute Gasteiger partial charge is 0.494 e. The molecule has 8 rings (SSSR count). The summed E-state index contributed by atoms with van der Waals surface area (Å²) in [5, 5.41) is 9.16. The molecule has 0 saturated carbocycles. The summed E-state index contributed by atoms with van der Waals surface area (Å²) in [5.41, 5.74) is 2.42. The summed E-state index contributed by atoms with van der Waals surface area (Å²) in [6, 6.07) is 17.0. The number of anilines is 5. The number of methoxy groups -OCH3 is 1. The normalized spacial score (nSPS) is 18.2. The number of rotatable bonds is 17. The molecule has 3 N–H and O–H groups in total. The van der Waals surface area contributed by atoms with Gasteiger partial charge in [-0.05, 0) is 68.5 Å². The highest BCUT2D eigenvalue weighted by molar-refractivity contribution is 7.62. The number of carbonyl (C=O) groups is 5. The van der Waals surface area contributed by atoms with Crippen LogP contribution in [0.1, 0.15) is 65.7 Å². The van der Waals surface area contributed by atoms with Crippen molar-refractivity contribution in [2.75, 3.05) is 82.7 Å². The molecule has 4 aliphatic rings. The number of nitrogens with zero attached hydrogens (tertiary/aromatic N) is 6. The van der Waals surface area contributed by atoms with Gasteiger partial charge in [0.1, 0.15) is 22.6 Å². The number of piperidine rings is 2. The maximum Gasteiger partial charge on any atom is 0.362 e. The fourth-order valence-corrected chi connectivity index (χ4v) is 10.4. The zero-order valence-corrected chi connectivity index (χ0v) is 39.1. The molecule has 1 atom stereocenters. The maximum absolute atomic E-state index is 13.3. The second-order valence-electron chi connectivity index (χ2n) is 16.5. The highest BCUT2D eigenvalue weighted by Crippen LogP contribution is 2.47. The molecule has 5 amide bonds. The topological polar surface area (TPSA) is 214 Å². The monoisotopic (exact) mass is 957 g/mol. The quantitative estimate of drug-likeness (QED) is 0.0677. The Kier molecular flexibility index (Phi) is 14.7. The van der Waals surface area contributed by atoms with E-state index in [9.17, 15) is 28.5 Å². The number of fused-ring (bicyclic) bond motifs is 1. The van der Waals surface area contributed by atoms with E-state index in [-0.39, 0.29) is 59.0 Å². The third kappa shape index (κ3) is 10.3. The molecule has 0 spiro atoms. The number of para-hydroxylation sites is 1. The van der Waals surface area contributed by atoms with Gasteiger partial charge in [0.25, 0.3) is 11.8 Å². The highest BCUT2D eigenvalue weighted by Gasteiger charge is 2.46. The average molecular weight is 958 g/mol. The highest BCUT2D eigenvalue weighted by atomic mass is 35.5. The number of carbonyl (C=O) groups excluding carboxylic acids is 5. The molecule has 0 aliphatic carbocycles. The molecular formula is C46H53ClN9O10P. The fraction of sp³-hybridized carbons (Fsp3) is 0.413. The molecule has 3 fully saturated rings. The number of nitrogens with one attached hydrogen (secondary N) is 3. The minimum absolute atomic E-state index is 0.0419. The number of aromatic nitrogens is 2. The van der Waals surface area contributed by atoms with Gasteiger partial charge in [-0.25, -0.2) is 4.98 Å². The summed E-state index contributed by atoms with van der Waals surface area (Å²) in [6.45, 7) is 4.95. The van der Waals surface area contributed by atoms with E-state index in [0.717, 1.165) is 49.6 Å². The van der Waals surface area contributed by atoms with E-state index in [2.05, 4.69) is 35.7 Å². The summed E-state index contributed by atoms with van der Waals surface area (Å²) >= 11 is 6.48. The van der Waals surface area contributed by atoms with Crippen LogP contribution in [0.4, 0.5) is 28.8 Å². The second kappa shape index (κ2) is 20.8. The zero-order chi connectivity index (χ0) is 47.2. The summed E-state index contributed by atoms with van der Waals surface area (Å²) in [6.07, 6.45) is 5.10. The van der Waals surface area contributed by atoms with Crippen LogP contribution >= 0.6 is 19.2 Å². The Morgan fingerprint density at radius 1 is 0.851 bits per heavy atom. The number of amides is 5. The Balaban J connectivity index is 0.771. The molecule has 19 nitrogen and oxygen atoms in total. The first kappa shape index (κ1) is 47.4. The lowest BCUT2D eigenvalue weighted by Crippen LogP contribution is -2.54. The van der Waals surface area contributed by atoms with Crippen LogP contribution in [0.5, 0.6) is 11.5 Å². The molecule has 67 heavy (non-hydrogen) atoms. The Labute approximate surface area is 392 Å². The maximum atomic E-state index is 13.3. The van der Waals surface area contributed by atoms with Gasteiger partial charge >= 0.3 is 7.60 Å². The van der Waals surface area contributed by atoms with Gasteiger partial charge in [0, 0.05) is 84.1 Å². The van der Waals surface area contributed by atoms with Gasteiger partial charge in [0.2, 0.25) is 23.7 Å². The number of unbranched alkanes of at least 4 members (excludes halogenated alkanes) is 1. The minimum atomic E-state index is -3.58. The van der Waals surface area contributed by atoms with Crippen molar-refractivity contribution in [1.29, 1.82) is 0 Å². The van der Waals surface area contributed by atoms with Crippen molar-refractivity contribution >= 4 is 82.9 Å². The van der Waals surface area contributed by atoms with E-state index < -0.39 is 37.3 Å². The van der Waals surface area contributed by atoms with Gasteiger partial charge < -0.3 is 39.0 Å². The molecule has 3 aromatic carbocycles. The van der Waals surface area contributed by atoms with Crippen LogP contribution in [0.3, 0.4) is 0 Å².